The topological polar surface area (TPSA) is 101 Å². The van der Waals surface area contributed by atoms with Gasteiger partial charge in [-0.1, -0.05) is 23.1 Å². The van der Waals surface area contributed by atoms with E-state index < -0.39 is 15.9 Å². The number of rotatable bonds is 5. The number of aliphatic hydroxyl groups is 1. The molecule has 2 aromatic rings. The van der Waals surface area contributed by atoms with Crippen LogP contribution in [0.3, 0.4) is 0 Å². The lowest BCUT2D eigenvalue weighted by Gasteiger charge is -2.08. The number of methoxy groups -OCH3 is 1. The Morgan fingerprint density at radius 2 is 2.04 bits per heavy atom. The van der Waals surface area contributed by atoms with Crippen molar-refractivity contribution in [1.29, 1.82) is 0 Å². The highest BCUT2D eigenvalue weighted by molar-refractivity contribution is 8.03. The Balaban J connectivity index is 1.64. The molecule has 1 fully saturated rings. The van der Waals surface area contributed by atoms with Crippen molar-refractivity contribution in [3.8, 4) is 5.75 Å². The van der Waals surface area contributed by atoms with E-state index in [9.17, 15) is 13.5 Å². The fourth-order valence-electron chi connectivity index (χ4n) is 2.14. The highest BCUT2D eigenvalue weighted by Gasteiger charge is 2.37. The Hall–Kier alpha value is -1.36. The van der Waals surface area contributed by atoms with Crippen LogP contribution in [0.15, 0.2) is 28.6 Å². The molecule has 1 aliphatic rings. The summed E-state index contributed by atoms with van der Waals surface area (Å²) in [6, 6.07) is 7.39. The Bertz CT molecular complexity index is 776. The molecule has 3 rings (SSSR count). The van der Waals surface area contributed by atoms with E-state index in [0.717, 1.165) is 11.4 Å². The van der Waals surface area contributed by atoms with Gasteiger partial charge in [-0.3, -0.25) is 0 Å². The van der Waals surface area contributed by atoms with E-state index in [-0.39, 0.29) is 16.8 Å². The van der Waals surface area contributed by atoms with E-state index in [2.05, 4.69) is 15.5 Å². The molecule has 0 aliphatic carbocycles. The zero-order valence-electron chi connectivity index (χ0n) is 12.2. The van der Waals surface area contributed by atoms with E-state index >= 15 is 0 Å². The summed E-state index contributed by atoms with van der Waals surface area (Å²) < 4.78 is 28.7. The van der Waals surface area contributed by atoms with E-state index in [1.54, 1.807) is 7.11 Å². The average Bonchev–Trinajstić information content (AvgIpc) is 3.04. The molecule has 2 N–H and O–H groups in total. The van der Waals surface area contributed by atoms with Gasteiger partial charge in [-0.05, 0) is 24.3 Å². The molecular formula is C13H15N3O4S3. The molecule has 0 saturated carbocycles. The molecule has 23 heavy (non-hydrogen) atoms. The van der Waals surface area contributed by atoms with Gasteiger partial charge in [0.05, 0.1) is 30.0 Å². The van der Waals surface area contributed by atoms with Crippen LogP contribution >= 0.6 is 23.1 Å². The summed E-state index contributed by atoms with van der Waals surface area (Å²) in [5.41, 5.74) is 0.849. The maximum atomic E-state index is 11.5. The SMILES string of the molecule is COc1ccc(Nc2nnc(S[C@@H]3CS(=O)(=O)C[C@H]3O)s2)cc1. The van der Waals surface area contributed by atoms with Gasteiger partial charge in [0, 0.05) is 5.69 Å². The first-order valence-electron chi connectivity index (χ1n) is 6.75. The number of hydrogen-bond donors (Lipinski definition) is 2. The lowest BCUT2D eigenvalue weighted by molar-refractivity contribution is 0.207. The fourth-order valence-corrected chi connectivity index (χ4v) is 6.67. The average molecular weight is 373 g/mol. The number of sulfone groups is 1. The molecule has 1 aromatic carbocycles. The third-order valence-corrected chi connectivity index (χ3v) is 7.44. The van der Waals surface area contributed by atoms with Gasteiger partial charge in [0.1, 0.15) is 5.75 Å². The van der Waals surface area contributed by atoms with E-state index in [1.807, 2.05) is 24.3 Å². The van der Waals surface area contributed by atoms with Crippen LogP contribution in [0.5, 0.6) is 5.75 Å². The van der Waals surface area contributed by atoms with Crippen LogP contribution in [0, 0.1) is 0 Å². The van der Waals surface area contributed by atoms with Gasteiger partial charge in [0.2, 0.25) is 5.13 Å². The van der Waals surface area contributed by atoms with Crippen LogP contribution in [0.1, 0.15) is 0 Å². The molecule has 1 aliphatic heterocycles. The molecule has 1 aromatic heterocycles. The van der Waals surface area contributed by atoms with Gasteiger partial charge in [-0.2, -0.15) is 0 Å². The number of anilines is 2. The van der Waals surface area contributed by atoms with E-state index in [1.165, 1.54) is 23.1 Å². The maximum absolute atomic E-state index is 11.5. The highest BCUT2D eigenvalue weighted by atomic mass is 32.2. The molecule has 7 nitrogen and oxygen atoms in total. The number of hydrogen-bond acceptors (Lipinski definition) is 9. The van der Waals surface area contributed by atoms with Crippen LogP contribution < -0.4 is 10.1 Å². The first-order chi connectivity index (χ1) is 10.9. The number of nitrogens with zero attached hydrogens (tertiary/aromatic N) is 2. The van der Waals surface area contributed by atoms with Crippen LogP contribution in [0.2, 0.25) is 0 Å². The lowest BCUT2D eigenvalue weighted by Crippen LogP contribution is -2.19. The van der Waals surface area contributed by atoms with Crippen LogP contribution in [-0.2, 0) is 9.84 Å². The third-order valence-electron chi connectivity index (χ3n) is 3.27. The molecule has 0 spiro atoms. The number of thioether (sulfide) groups is 1. The normalized spacial score (nSPS) is 22.9. The number of aromatic nitrogens is 2. The van der Waals surface area contributed by atoms with Gasteiger partial charge >= 0.3 is 0 Å². The molecule has 0 unspecified atom stereocenters. The summed E-state index contributed by atoms with van der Waals surface area (Å²) in [6.07, 6.45) is -0.855. The summed E-state index contributed by atoms with van der Waals surface area (Å²) in [5.74, 6) is 0.556. The second kappa shape index (κ2) is 6.63. The summed E-state index contributed by atoms with van der Waals surface area (Å²) in [6.45, 7) is 0. The zero-order valence-corrected chi connectivity index (χ0v) is 14.6. The van der Waals surface area contributed by atoms with E-state index in [4.69, 9.17) is 4.74 Å². The Kier molecular flexibility index (Phi) is 4.76. The maximum Gasteiger partial charge on any atom is 0.210 e. The quantitative estimate of drug-likeness (QED) is 0.814. The standard InChI is InChI=1S/C13H15N3O4S3/c1-20-9-4-2-8(3-5-9)14-12-15-16-13(22-12)21-11-7-23(18,19)6-10(11)17/h2-5,10-11,17H,6-7H2,1H3,(H,14,15)/t10-,11-/m1/s1. The van der Waals surface area contributed by atoms with E-state index in [0.29, 0.717) is 9.47 Å². The van der Waals surface area contributed by atoms with Crippen molar-refractivity contribution in [3.05, 3.63) is 24.3 Å². The van der Waals surface area contributed by atoms with Crippen molar-refractivity contribution in [1.82, 2.24) is 10.2 Å². The summed E-state index contributed by atoms with van der Waals surface area (Å²) in [7, 11) is -1.55. The number of nitrogens with one attached hydrogen (secondary N) is 1. The van der Waals surface area contributed by atoms with Crippen LogP contribution in [0.4, 0.5) is 10.8 Å². The predicted molar refractivity (Wildman–Crippen MR) is 90.5 cm³/mol. The zero-order chi connectivity index (χ0) is 16.4. The van der Waals surface area contributed by atoms with Crippen molar-refractivity contribution < 1.29 is 18.3 Å². The summed E-state index contributed by atoms with van der Waals surface area (Å²) >= 11 is 2.57. The minimum absolute atomic E-state index is 0.0281. The predicted octanol–water partition coefficient (Wildman–Crippen LogP) is 1.54. The van der Waals surface area contributed by atoms with Crippen molar-refractivity contribution >= 4 is 43.8 Å². The highest BCUT2D eigenvalue weighted by Crippen LogP contribution is 2.35. The van der Waals surface area contributed by atoms with Gasteiger partial charge in [-0.25, -0.2) is 8.42 Å². The summed E-state index contributed by atoms with van der Waals surface area (Å²) in [4.78, 5) is 0. The smallest absolute Gasteiger partial charge is 0.210 e. The van der Waals surface area contributed by atoms with Gasteiger partial charge in [0.15, 0.2) is 14.2 Å². The first-order valence-corrected chi connectivity index (χ1v) is 10.3. The molecule has 10 heteroatoms. The molecule has 1 saturated heterocycles. The van der Waals surface area contributed by atoms with Crippen LogP contribution in [0.25, 0.3) is 0 Å². The second-order valence-corrected chi connectivity index (χ2v) is 9.64. The number of benzene rings is 1. The first kappa shape index (κ1) is 16.5. The molecule has 124 valence electrons. The third kappa shape index (κ3) is 4.14. The molecule has 0 amide bonds. The summed E-state index contributed by atoms with van der Waals surface area (Å²) in [5, 5.41) is 21.2. The Labute approximate surface area is 142 Å². The number of aliphatic hydroxyl groups excluding tert-OH is 1. The van der Waals surface area contributed by atoms with Crippen molar-refractivity contribution in [2.75, 3.05) is 23.9 Å². The molecule has 2 heterocycles. The van der Waals surface area contributed by atoms with Crippen molar-refractivity contribution in [2.24, 2.45) is 0 Å². The van der Waals surface area contributed by atoms with Crippen molar-refractivity contribution in [3.63, 3.8) is 0 Å². The monoisotopic (exact) mass is 373 g/mol. The molecule has 0 bridgehead atoms. The Morgan fingerprint density at radius 1 is 1.30 bits per heavy atom. The minimum atomic E-state index is -3.16. The number of ether oxygens (including phenoxy) is 1. The van der Waals surface area contributed by atoms with Crippen molar-refractivity contribution in [2.45, 2.75) is 15.7 Å². The van der Waals surface area contributed by atoms with Gasteiger partial charge < -0.3 is 15.2 Å². The fraction of sp³-hybridized carbons (Fsp3) is 0.385. The molecular weight excluding hydrogens is 358 g/mol. The molecule has 0 radical (unpaired) electrons. The largest absolute Gasteiger partial charge is 0.497 e. The Morgan fingerprint density at radius 3 is 2.65 bits per heavy atom. The van der Waals surface area contributed by atoms with Crippen LogP contribution in [-0.4, -0.2) is 53.7 Å². The lowest BCUT2D eigenvalue weighted by atomic mass is 10.3. The molecule has 2 atom stereocenters. The van der Waals surface area contributed by atoms with Gasteiger partial charge in [0.25, 0.3) is 0 Å². The second-order valence-electron chi connectivity index (χ2n) is 5.03. The minimum Gasteiger partial charge on any atom is -0.497 e. The van der Waals surface area contributed by atoms with Gasteiger partial charge in [-0.15, -0.1) is 10.2 Å².